The Hall–Kier alpha value is -0.410. The molecule has 0 aliphatic rings. The number of hydrogen-bond acceptors (Lipinski definition) is 4. The molecule has 5 nitrogen and oxygen atoms in total. The second-order valence-electron chi connectivity index (χ2n) is 7.21. The zero-order valence-electron chi connectivity index (χ0n) is 16.0. The fourth-order valence-corrected chi connectivity index (χ4v) is 2.76. The summed E-state index contributed by atoms with van der Waals surface area (Å²) >= 11 is 1.73. The highest BCUT2D eigenvalue weighted by Gasteiger charge is 2.17. The molecule has 0 atom stereocenters. The van der Waals surface area contributed by atoms with Crippen LogP contribution >= 0.6 is 35.3 Å². The second kappa shape index (κ2) is 10.6. The van der Waals surface area contributed by atoms with Crippen LogP contribution in [0, 0.1) is 0 Å². The van der Waals surface area contributed by atoms with Gasteiger partial charge in [0.2, 0.25) is 0 Å². The predicted molar refractivity (Wildman–Crippen MR) is 115 cm³/mol. The molecule has 0 radical (unpaired) electrons. The molecule has 0 saturated heterocycles. The minimum atomic E-state index is -0.251. The number of thiazole rings is 1. The second-order valence-corrected chi connectivity index (χ2v) is 8.15. The Morgan fingerprint density at radius 1 is 1.25 bits per heavy atom. The van der Waals surface area contributed by atoms with Crippen LogP contribution in [0.2, 0.25) is 0 Å². The Morgan fingerprint density at radius 2 is 1.92 bits per heavy atom. The molecule has 0 amide bonds. The summed E-state index contributed by atoms with van der Waals surface area (Å²) in [5.41, 5.74) is 1.03. The van der Waals surface area contributed by atoms with Crippen LogP contribution in [-0.4, -0.2) is 43.3 Å². The van der Waals surface area contributed by atoms with E-state index in [1.165, 1.54) is 5.69 Å². The number of nitrogens with one attached hydrogen (secondary N) is 2. The Kier molecular flexibility index (Phi) is 10.4. The molecule has 7 heteroatoms. The minimum Gasteiger partial charge on any atom is -0.377 e. The Balaban J connectivity index is 0.00000529. The van der Waals surface area contributed by atoms with E-state index < -0.39 is 0 Å². The standard InChI is InChI=1S/C17H32N4OS.HI/c1-8-18-15(20-12-17(5,6)22-7)19-10-9-14-21-13(11-23-14)16(2,3)4;/h11H,8-10,12H2,1-7H3,(H2,18,19,20);1H. The third kappa shape index (κ3) is 8.62. The van der Waals surface area contributed by atoms with Crippen molar-refractivity contribution in [2.45, 2.75) is 59.0 Å². The number of ether oxygens (including phenoxy) is 1. The molecule has 0 unspecified atom stereocenters. The van der Waals surface area contributed by atoms with E-state index in [0.29, 0.717) is 6.54 Å². The summed E-state index contributed by atoms with van der Waals surface area (Å²) in [4.78, 5) is 9.31. The fraction of sp³-hybridized carbons (Fsp3) is 0.765. The lowest BCUT2D eigenvalue weighted by Crippen LogP contribution is -2.40. The van der Waals surface area contributed by atoms with Crippen molar-refractivity contribution >= 4 is 41.3 Å². The van der Waals surface area contributed by atoms with Crippen molar-refractivity contribution in [2.75, 3.05) is 26.7 Å². The number of hydrogen-bond donors (Lipinski definition) is 2. The van der Waals surface area contributed by atoms with E-state index in [-0.39, 0.29) is 35.0 Å². The van der Waals surface area contributed by atoms with Crippen LogP contribution in [0.5, 0.6) is 0 Å². The van der Waals surface area contributed by atoms with E-state index in [2.05, 4.69) is 48.7 Å². The molecule has 140 valence electrons. The smallest absolute Gasteiger partial charge is 0.191 e. The molecule has 1 aromatic rings. The van der Waals surface area contributed by atoms with Crippen molar-refractivity contribution in [3.8, 4) is 0 Å². The largest absolute Gasteiger partial charge is 0.377 e. The van der Waals surface area contributed by atoms with Crippen molar-refractivity contribution < 1.29 is 4.74 Å². The van der Waals surface area contributed by atoms with Crippen LogP contribution in [0.1, 0.15) is 52.2 Å². The van der Waals surface area contributed by atoms with Crippen molar-refractivity contribution in [1.82, 2.24) is 15.6 Å². The van der Waals surface area contributed by atoms with E-state index >= 15 is 0 Å². The van der Waals surface area contributed by atoms with Gasteiger partial charge in [0.05, 0.1) is 22.8 Å². The maximum atomic E-state index is 5.40. The molecule has 0 spiro atoms. The number of aliphatic imine (C=N–C) groups is 1. The lowest BCUT2D eigenvalue weighted by atomic mass is 9.93. The predicted octanol–water partition coefficient (Wildman–Crippen LogP) is 3.58. The Morgan fingerprint density at radius 3 is 2.42 bits per heavy atom. The van der Waals surface area contributed by atoms with Crippen LogP contribution in [0.4, 0.5) is 0 Å². The van der Waals surface area contributed by atoms with Crippen molar-refractivity contribution in [1.29, 1.82) is 0 Å². The number of methoxy groups -OCH3 is 1. The number of aromatic nitrogens is 1. The first-order valence-electron chi connectivity index (χ1n) is 8.20. The highest BCUT2D eigenvalue weighted by Crippen LogP contribution is 2.23. The highest BCUT2D eigenvalue weighted by molar-refractivity contribution is 14.0. The number of nitrogens with zero attached hydrogens (tertiary/aromatic N) is 2. The monoisotopic (exact) mass is 468 g/mol. The molecule has 0 bridgehead atoms. The van der Waals surface area contributed by atoms with Crippen molar-refractivity contribution in [3.05, 3.63) is 16.1 Å². The van der Waals surface area contributed by atoms with Gasteiger partial charge in [-0.15, -0.1) is 35.3 Å². The van der Waals surface area contributed by atoms with Gasteiger partial charge < -0.3 is 15.4 Å². The lowest BCUT2D eigenvalue weighted by molar-refractivity contribution is 0.0310. The van der Waals surface area contributed by atoms with Crippen LogP contribution in [-0.2, 0) is 16.6 Å². The molecular weight excluding hydrogens is 435 g/mol. The third-order valence-corrected chi connectivity index (χ3v) is 4.37. The first-order valence-corrected chi connectivity index (χ1v) is 9.08. The summed E-state index contributed by atoms with van der Waals surface area (Å²) in [6, 6.07) is 0. The normalized spacial score (nSPS) is 12.7. The van der Waals surface area contributed by atoms with Gasteiger partial charge in [0.15, 0.2) is 5.96 Å². The third-order valence-electron chi connectivity index (χ3n) is 3.47. The molecule has 24 heavy (non-hydrogen) atoms. The Labute approximate surface area is 168 Å². The van der Waals surface area contributed by atoms with E-state index in [4.69, 9.17) is 9.72 Å². The summed E-state index contributed by atoms with van der Waals surface area (Å²) in [6.45, 7) is 15.0. The van der Waals surface area contributed by atoms with Gasteiger partial charge in [0, 0.05) is 37.4 Å². The molecular formula is C17H33IN4OS. The average molecular weight is 468 g/mol. The van der Waals surface area contributed by atoms with Crippen molar-refractivity contribution in [2.24, 2.45) is 4.99 Å². The zero-order chi connectivity index (χ0) is 17.5. The molecule has 1 heterocycles. The molecule has 0 aliphatic heterocycles. The topological polar surface area (TPSA) is 58.5 Å². The van der Waals surface area contributed by atoms with Gasteiger partial charge in [-0.3, -0.25) is 4.99 Å². The number of halogens is 1. The summed E-state index contributed by atoms with van der Waals surface area (Å²) in [6.07, 6.45) is 0.902. The minimum absolute atomic E-state index is 0. The van der Waals surface area contributed by atoms with Gasteiger partial charge in [-0.25, -0.2) is 4.98 Å². The van der Waals surface area contributed by atoms with Crippen LogP contribution in [0.3, 0.4) is 0 Å². The summed E-state index contributed by atoms with van der Waals surface area (Å²) in [5, 5.41) is 9.95. The van der Waals surface area contributed by atoms with Crippen molar-refractivity contribution in [3.63, 3.8) is 0 Å². The quantitative estimate of drug-likeness (QED) is 0.365. The van der Waals surface area contributed by atoms with Gasteiger partial charge in [0.1, 0.15) is 0 Å². The molecule has 0 aromatic carbocycles. The average Bonchev–Trinajstić information content (AvgIpc) is 2.94. The molecule has 1 aromatic heterocycles. The van der Waals surface area contributed by atoms with Gasteiger partial charge in [-0.1, -0.05) is 20.8 Å². The highest BCUT2D eigenvalue weighted by atomic mass is 127. The summed E-state index contributed by atoms with van der Waals surface area (Å²) < 4.78 is 5.40. The lowest BCUT2D eigenvalue weighted by Gasteiger charge is -2.21. The first kappa shape index (κ1) is 23.6. The van der Waals surface area contributed by atoms with Crippen LogP contribution in [0.25, 0.3) is 0 Å². The maximum absolute atomic E-state index is 5.40. The molecule has 2 N–H and O–H groups in total. The Bertz CT molecular complexity index is 509. The van der Waals surface area contributed by atoms with Crippen LogP contribution in [0.15, 0.2) is 10.4 Å². The van der Waals surface area contributed by atoms with Gasteiger partial charge in [0.25, 0.3) is 0 Å². The summed E-state index contributed by atoms with van der Waals surface area (Å²) in [7, 11) is 1.71. The zero-order valence-corrected chi connectivity index (χ0v) is 19.2. The van der Waals surface area contributed by atoms with E-state index in [1.807, 2.05) is 13.8 Å². The van der Waals surface area contributed by atoms with Gasteiger partial charge in [-0.05, 0) is 20.8 Å². The fourth-order valence-electron chi connectivity index (χ4n) is 1.73. The molecule has 0 fully saturated rings. The van der Waals surface area contributed by atoms with E-state index in [1.54, 1.807) is 18.4 Å². The van der Waals surface area contributed by atoms with Gasteiger partial charge >= 0.3 is 0 Å². The molecule has 1 rings (SSSR count). The summed E-state index contributed by atoms with van der Waals surface area (Å²) in [5.74, 6) is 0.824. The van der Waals surface area contributed by atoms with Crippen LogP contribution < -0.4 is 10.6 Å². The maximum Gasteiger partial charge on any atom is 0.191 e. The molecule has 0 aliphatic carbocycles. The SMILES string of the molecule is CCNC(=NCC(C)(C)OC)NCCc1nc(C(C)(C)C)cs1.I. The molecule has 0 saturated carbocycles. The number of rotatable bonds is 7. The number of guanidine groups is 1. The van der Waals surface area contributed by atoms with E-state index in [9.17, 15) is 0 Å². The first-order chi connectivity index (χ1) is 10.7. The van der Waals surface area contributed by atoms with Gasteiger partial charge in [-0.2, -0.15) is 0 Å². The van der Waals surface area contributed by atoms with E-state index in [0.717, 1.165) is 30.5 Å².